The quantitative estimate of drug-likeness (QED) is 0.848. The molecule has 0 saturated heterocycles. The summed E-state index contributed by atoms with van der Waals surface area (Å²) in [5.41, 5.74) is 0.281. The third-order valence-electron chi connectivity index (χ3n) is 1.92. The Kier molecular flexibility index (Phi) is 3.58. The van der Waals surface area contributed by atoms with Gasteiger partial charge in [0.15, 0.2) is 0 Å². The van der Waals surface area contributed by atoms with Crippen molar-refractivity contribution >= 4 is 29.1 Å². The van der Waals surface area contributed by atoms with Gasteiger partial charge < -0.3 is 5.11 Å². The Labute approximate surface area is 101 Å². The maximum atomic E-state index is 10.8. The van der Waals surface area contributed by atoms with E-state index in [1.54, 1.807) is 29.2 Å². The highest BCUT2D eigenvalue weighted by Crippen LogP contribution is 2.23. The van der Waals surface area contributed by atoms with Crippen molar-refractivity contribution in [1.82, 2.24) is 4.98 Å². The zero-order valence-electron chi connectivity index (χ0n) is 8.29. The normalized spacial score (nSPS) is 10.2. The fraction of sp³-hybridized carbons (Fsp3) is 0.0909. The van der Waals surface area contributed by atoms with Crippen LogP contribution in [0, 0.1) is 0 Å². The third-order valence-corrected chi connectivity index (χ3v) is 3.96. The Balaban J connectivity index is 2.04. The molecule has 0 amide bonds. The molecule has 2 rings (SSSR count). The van der Waals surface area contributed by atoms with Crippen molar-refractivity contribution in [2.45, 2.75) is 10.8 Å². The second kappa shape index (κ2) is 5.14. The maximum absolute atomic E-state index is 10.8. The molecule has 0 aliphatic carbocycles. The monoisotopic (exact) mass is 251 g/mol. The molecule has 2 heterocycles. The van der Waals surface area contributed by atoms with Crippen LogP contribution in [0.3, 0.4) is 0 Å². The highest BCUT2D eigenvalue weighted by molar-refractivity contribution is 7.98. The van der Waals surface area contributed by atoms with Gasteiger partial charge >= 0.3 is 5.97 Å². The molecular formula is C11H9NO2S2. The van der Waals surface area contributed by atoms with Crippen LogP contribution in [0.5, 0.6) is 0 Å². The third kappa shape index (κ3) is 2.84. The molecule has 3 nitrogen and oxygen atoms in total. The molecule has 5 heteroatoms. The predicted molar refractivity (Wildman–Crippen MR) is 65.1 cm³/mol. The summed E-state index contributed by atoms with van der Waals surface area (Å²) in [7, 11) is 0. The van der Waals surface area contributed by atoms with Gasteiger partial charge in [-0.2, -0.15) is 0 Å². The minimum Gasteiger partial charge on any atom is -0.478 e. The van der Waals surface area contributed by atoms with E-state index in [0.717, 1.165) is 10.8 Å². The Bertz CT molecular complexity index is 482. The van der Waals surface area contributed by atoms with Crippen molar-refractivity contribution < 1.29 is 9.90 Å². The number of carboxylic acids is 1. The molecule has 0 unspecified atom stereocenters. The second-order valence-corrected chi connectivity index (χ2v) is 5.08. The number of thiophene rings is 1. The Morgan fingerprint density at radius 3 is 3.06 bits per heavy atom. The molecule has 0 aliphatic rings. The second-order valence-electron chi connectivity index (χ2n) is 3.06. The van der Waals surface area contributed by atoms with E-state index in [1.807, 2.05) is 11.4 Å². The van der Waals surface area contributed by atoms with E-state index in [-0.39, 0.29) is 5.56 Å². The Morgan fingerprint density at radius 2 is 2.38 bits per heavy atom. The lowest BCUT2D eigenvalue weighted by Crippen LogP contribution is -1.96. The fourth-order valence-electron chi connectivity index (χ4n) is 1.16. The summed E-state index contributed by atoms with van der Waals surface area (Å²) in [5.74, 6) is -0.0892. The number of nitrogens with zero attached hydrogens (tertiary/aromatic N) is 1. The van der Waals surface area contributed by atoms with Crippen LogP contribution in [0.25, 0.3) is 0 Å². The van der Waals surface area contributed by atoms with Gasteiger partial charge in [-0.3, -0.25) is 0 Å². The number of rotatable bonds is 4. The molecule has 0 spiro atoms. The van der Waals surface area contributed by atoms with Crippen molar-refractivity contribution in [3.05, 3.63) is 46.3 Å². The van der Waals surface area contributed by atoms with Crippen molar-refractivity contribution in [1.29, 1.82) is 0 Å². The summed E-state index contributed by atoms with van der Waals surface area (Å²) in [6.07, 6.45) is 1.53. The summed E-state index contributed by atoms with van der Waals surface area (Å²) in [4.78, 5) is 16.1. The van der Waals surface area contributed by atoms with Crippen LogP contribution in [0.1, 0.15) is 15.2 Å². The zero-order chi connectivity index (χ0) is 11.4. The first-order valence-electron chi connectivity index (χ1n) is 4.60. The molecular weight excluding hydrogens is 242 g/mol. The van der Waals surface area contributed by atoms with E-state index < -0.39 is 5.97 Å². The molecule has 1 N–H and O–H groups in total. The van der Waals surface area contributed by atoms with Crippen molar-refractivity contribution in [3.8, 4) is 0 Å². The topological polar surface area (TPSA) is 50.2 Å². The average molecular weight is 251 g/mol. The fourth-order valence-corrected chi connectivity index (χ4v) is 2.83. The van der Waals surface area contributed by atoms with Gasteiger partial charge in [-0.05, 0) is 23.6 Å². The van der Waals surface area contributed by atoms with E-state index in [2.05, 4.69) is 11.1 Å². The van der Waals surface area contributed by atoms with Gasteiger partial charge in [0.05, 0.1) is 10.6 Å². The number of aromatic carboxylic acids is 1. The molecule has 0 fully saturated rings. The number of carbonyl (C=O) groups is 1. The summed E-state index contributed by atoms with van der Waals surface area (Å²) in [6, 6.07) is 7.15. The smallest absolute Gasteiger partial charge is 0.335 e. The molecule has 82 valence electrons. The van der Waals surface area contributed by atoms with Crippen LogP contribution < -0.4 is 0 Å². The summed E-state index contributed by atoms with van der Waals surface area (Å²) in [5, 5.41) is 11.6. The lowest BCUT2D eigenvalue weighted by atomic mass is 10.3. The summed E-state index contributed by atoms with van der Waals surface area (Å²) < 4.78 is 0. The predicted octanol–water partition coefficient (Wildman–Crippen LogP) is 3.13. The van der Waals surface area contributed by atoms with Gasteiger partial charge in [0.1, 0.15) is 0 Å². The molecule has 2 aromatic rings. The highest BCUT2D eigenvalue weighted by Gasteiger charge is 2.04. The minimum absolute atomic E-state index is 0.281. The van der Waals surface area contributed by atoms with E-state index in [4.69, 9.17) is 5.11 Å². The standard InChI is InChI=1S/C11H9NO2S2/c13-11(14)8-3-4-12-10(6-8)16-7-9-2-1-5-15-9/h1-6H,7H2,(H,13,14). The molecule has 0 atom stereocenters. The van der Waals surface area contributed by atoms with Crippen LogP contribution in [-0.4, -0.2) is 16.1 Å². The SMILES string of the molecule is O=C(O)c1ccnc(SCc2cccs2)c1. The van der Waals surface area contributed by atoms with E-state index in [9.17, 15) is 4.79 Å². The minimum atomic E-state index is -0.916. The van der Waals surface area contributed by atoms with Gasteiger partial charge in [0.2, 0.25) is 0 Å². The number of carboxylic acid groups (broad SMARTS) is 1. The molecule has 0 saturated carbocycles. The van der Waals surface area contributed by atoms with E-state index in [0.29, 0.717) is 0 Å². The molecule has 0 aromatic carbocycles. The van der Waals surface area contributed by atoms with Gasteiger partial charge in [-0.15, -0.1) is 23.1 Å². The van der Waals surface area contributed by atoms with Crippen LogP contribution >= 0.6 is 23.1 Å². The van der Waals surface area contributed by atoms with Gasteiger partial charge in [-0.1, -0.05) is 6.07 Å². The first kappa shape index (κ1) is 11.2. The van der Waals surface area contributed by atoms with Crippen LogP contribution in [-0.2, 0) is 5.75 Å². The average Bonchev–Trinajstić information content (AvgIpc) is 2.79. The van der Waals surface area contributed by atoms with Crippen LogP contribution in [0.2, 0.25) is 0 Å². The maximum Gasteiger partial charge on any atom is 0.335 e. The Morgan fingerprint density at radius 1 is 1.50 bits per heavy atom. The van der Waals surface area contributed by atoms with Crippen LogP contribution in [0.4, 0.5) is 0 Å². The largest absolute Gasteiger partial charge is 0.478 e. The molecule has 0 aliphatic heterocycles. The van der Waals surface area contributed by atoms with E-state index in [1.165, 1.54) is 17.1 Å². The molecule has 0 radical (unpaired) electrons. The first-order chi connectivity index (χ1) is 7.75. The number of pyridine rings is 1. The van der Waals surface area contributed by atoms with Crippen molar-refractivity contribution in [3.63, 3.8) is 0 Å². The molecule has 2 aromatic heterocycles. The zero-order valence-corrected chi connectivity index (χ0v) is 9.92. The lowest BCUT2D eigenvalue weighted by molar-refractivity contribution is 0.0696. The first-order valence-corrected chi connectivity index (χ1v) is 6.47. The van der Waals surface area contributed by atoms with Crippen molar-refractivity contribution in [2.75, 3.05) is 0 Å². The van der Waals surface area contributed by atoms with E-state index >= 15 is 0 Å². The number of aromatic nitrogens is 1. The molecule has 0 bridgehead atoms. The van der Waals surface area contributed by atoms with Crippen molar-refractivity contribution in [2.24, 2.45) is 0 Å². The van der Waals surface area contributed by atoms with Crippen LogP contribution in [0.15, 0.2) is 40.9 Å². The summed E-state index contributed by atoms with van der Waals surface area (Å²) >= 11 is 3.23. The van der Waals surface area contributed by atoms with Gasteiger partial charge in [0, 0.05) is 16.8 Å². The number of hydrogen-bond donors (Lipinski definition) is 1. The number of thioether (sulfide) groups is 1. The molecule has 16 heavy (non-hydrogen) atoms. The highest BCUT2D eigenvalue weighted by atomic mass is 32.2. The van der Waals surface area contributed by atoms with Gasteiger partial charge in [-0.25, -0.2) is 9.78 Å². The van der Waals surface area contributed by atoms with Gasteiger partial charge in [0.25, 0.3) is 0 Å². The Hall–Kier alpha value is -1.33. The summed E-state index contributed by atoms with van der Waals surface area (Å²) in [6.45, 7) is 0. The lowest BCUT2D eigenvalue weighted by Gasteiger charge is -2.00. The number of hydrogen-bond acceptors (Lipinski definition) is 4.